The largest absolute Gasteiger partial charge is 0.353 e. The molecule has 144 valence electrons. The van der Waals surface area contributed by atoms with Gasteiger partial charge in [-0.05, 0) is 49.9 Å². The Morgan fingerprint density at radius 1 is 1.12 bits per heavy atom. The summed E-state index contributed by atoms with van der Waals surface area (Å²) in [6, 6.07) is 6.37. The number of nitrogens with one attached hydrogen (secondary N) is 1. The third-order valence-electron chi connectivity index (χ3n) is 4.85. The van der Waals surface area contributed by atoms with Crippen molar-refractivity contribution in [2.75, 3.05) is 13.1 Å². The molecule has 0 bridgehead atoms. The zero-order chi connectivity index (χ0) is 19.3. The lowest BCUT2D eigenvalue weighted by Gasteiger charge is -2.32. The van der Waals surface area contributed by atoms with E-state index in [9.17, 15) is 18.4 Å². The van der Waals surface area contributed by atoms with Gasteiger partial charge in [0.25, 0.3) is 11.7 Å². The Balaban J connectivity index is 1.87. The molecule has 0 saturated carbocycles. The smallest absolute Gasteiger partial charge is 0.288 e. The van der Waals surface area contributed by atoms with Crippen molar-refractivity contribution in [3.63, 3.8) is 0 Å². The molecule has 1 heterocycles. The standard InChI is InChI=1S/C19H26F2N2O2S/c1-12(2)13(3)22-17(24)14-8-10-23(11-9-14)18(25)15-4-6-16(7-5-15)26-19(20)21/h4-7,12-14,19H,8-11H2,1-3H3,(H,22,24). The molecule has 0 radical (unpaired) electrons. The fraction of sp³-hybridized carbons (Fsp3) is 0.579. The molecule has 1 aliphatic rings. The molecule has 0 aliphatic carbocycles. The summed E-state index contributed by atoms with van der Waals surface area (Å²) in [5.41, 5.74) is 0.486. The van der Waals surface area contributed by atoms with Crippen LogP contribution in [0.2, 0.25) is 0 Å². The van der Waals surface area contributed by atoms with Crippen molar-refractivity contribution in [1.29, 1.82) is 0 Å². The Morgan fingerprint density at radius 2 is 1.69 bits per heavy atom. The minimum absolute atomic E-state index is 0.0617. The van der Waals surface area contributed by atoms with Crippen LogP contribution in [-0.2, 0) is 4.79 Å². The predicted molar refractivity (Wildman–Crippen MR) is 99.4 cm³/mol. The predicted octanol–water partition coefficient (Wildman–Crippen LogP) is 4.01. The van der Waals surface area contributed by atoms with E-state index < -0.39 is 5.76 Å². The normalized spacial score (nSPS) is 16.8. The first-order chi connectivity index (χ1) is 12.3. The fourth-order valence-corrected chi connectivity index (χ4v) is 3.31. The maximum Gasteiger partial charge on any atom is 0.288 e. The second kappa shape index (κ2) is 9.35. The van der Waals surface area contributed by atoms with Crippen LogP contribution >= 0.6 is 11.8 Å². The van der Waals surface area contributed by atoms with Crippen LogP contribution in [0, 0.1) is 11.8 Å². The molecule has 1 fully saturated rings. The van der Waals surface area contributed by atoms with Crippen LogP contribution in [0.5, 0.6) is 0 Å². The second-order valence-electron chi connectivity index (χ2n) is 7.01. The molecular weight excluding hydrogens is 358 g/mol. The van der Waals surface area contributed by atoms with E-state index in [1.54, 1.807) is 17.0 Å². The van der Waals surface area contributed by atoms with E-state index in [2.05, 4.69) is 19.2 Å². The van der Waals surface area contributed by atoms with E-state index in [0.29, 0.717) is 54.1 Å². The molecule has 1 aromatic carbocycles. The van der Waals surface area contributed by atoms with Crippen molar-refractivity contribution in [2.45, 2.75) is 50.3 Å². The highest BCUT2D eigenvalue weighted by Gasteiger charge is 2.28. The lowest BCUT2D eigenvalue weighted by Crippen LogP contribution is -2.45. The molecule has 1 atom stereocenters. The number of alkyl halides is 2. The van der Waals surface area contributed by atoms with Crippen LogP contribution in [0.1, 0.15) is 44.0 Å². The van der Waals surface area contributed by atoms with Gasteiger partial charge in [0.05, 0.1) is 0 Å². The van der Waals surface area contributed by atoms with Crippen molar-refractivity contribution >= 4 is 23.6 Å². The van der Waals surface area contributed by atoms with Crippen molar-refractivity contribution in [3.8, 4) is 0 Å². The minimum Gasteiger partial charge on any atom is -0.353 e. The molecule has 1 saturated heterocycles. The number of hydrogen-bond acceptors (Lipinski definition) is 3. The summed E-state index contributed by atoms with van der Waals surface area (Å²) in [5.74, 6) is -2.21. The van der Waals surface area contributed by atoms with Gasteiger partial charge in [-0.3, -0.25) is 9.59 Å². The van der Waals surface area contributed by atoms with Gasteiger partial charge >= 0.3 is 0 Å². The summed E-state index contributed by atoms with van der Waals surface area (Å²) in [6.45, 7) is 7.19. The quantitative estimate of drug-likeness (QED) is 0.754. The summed E-state index contributed by atoms with van der Waals surface area (Å²) in [6.07, 6.45) is 1.28. The summed E-state index contributed by atoms with van der Waals surface area (Å²) in [5, 5.41) is 3.04. The highest BCUT2D eigenvalue weighted by molar-refractivity contribution is 7.99. The Hall–Kier alpha value is -1.63. The summed E-state index contributed by atoms with van der Waals surface area (Å²) in [7, 11) is 0. The number of halogens is 2. The lowest BCUT2D eigenvalue weighted by molar-refractivity contribution is -0.127. The molecule has 4 nitrogen and oxygen atoms in total. The van der Waals surface area contributed by atoms with Crippen molar-refractivity contribution in [3.05, 3.63) is 29.8 Å². The van der Waals surface area contributed by atoms with E-state index in [1.807, 2.05) is 6.92 Å². The Kier molecular flexibility index (Phi) is 7.43. The van der Waals surface area contributed by atoms with Crippen molar-refractivity contribution in [1.82, 2.24) is 10.2 Å². The molecule has 2 amide bonds. The number of likely N-dealkylation sites (tertiary alicyclic amines) is 1. The molecule has 7 heteroatoms. The van der Waals surface area contributed by atoms with Gasteiger partial charge in [0.2, 0.25) is 5.91 Å². The van der Waals surface area contributed by atoms with Gasteiger partial charge in [-0.25, -0.2) is 0 Å². The van der Waals surface area contributed by atoms with Gasteiger partial charge in [0.15, 0.2) is 0 Å². The molecule has 1 unspecified atom stereocenters. The van der Waals surface area contributed by atoms with Crippen LogP contribution < -0.4 is 5.32 Å². The number of amides is 2. The van der Waals surface area contributed by atoms with Crippen LogP contribution in [0.25, 0.3) is 0 Å². The Labute approximate surface area is 157 Å². The van der Waals surface area contributed by atoms with Gasteiger partial charge in [-0.1, -0.05) is 25.6 Å². The van der Waals surface area contributed by atoms with Gasteiger partial charge in [0, 0.05) is 35.5 Å². The summed E-state index contributed by atoms with van der Waals surface area (Å²) >= 11 is 0.462. The summed E-state index contributed by atoms with van der Waals surface area (Å²) < 4.78 is 24.7. The third kappa shape index (κ3) is 5.69. The SMILES string of the molecule is CC(C)C(C)NC(=O)C1CCN(C(=O)c2ccc(SC(F)F)cc2)CC1. The molecule has 2 rings (SSSR count). The average molecular weight is 384 g/mol. The second-order valence-corrected chi connectivity index (χ2v) is 8.07. The minimum atomic E-state index is -2.47. The third-order valence-corrected chi connectivity index (χ3v) is 5.57. The van der Waals surface area contributed by atoms with Gasteiger partial charge in [0.1, 0.15) is 0 Å². The maximum absolute atomic E-state index is 12.5. The van der Waals surface area contributed by atoms with Crippen molar-refractivity contribution < 1.29 is 18.4 Å². The highest BCUT2D eigenvalue weighted by atomic mass is 32.2. The number of carbonyl (C=O) groups is 2. The monoisotopic (exact) mass is 384 g/mol. The van der Waals surface area contributed by atoms with Crippen LogP contribution in [0.3, 0.4) is 0 Å². The van der Waals surface area contributed by atoms with Crippen LogP contribution in [-0.4, -0.2) is 41.6 Å². The Bertz CT molecular complexity index is 614. The Morgan fingerprint density at radius 3 is 2.19 bits per heavy atom. The molecule has 0 spiro atoms. The lowest BCUT2D eigenvalue weighted by atomic mass is 9.94. The van der Waals surface area contributed by atoms with E-state index in [0.717, 1.165) is 0 Å². The molecule has 1 N–H and O–H groups in total. The molecule has 0 aromatic heterocycles. The van der Waals surface area contributed by atoms with E-state index >= 15 is 0 Å². The van der Waals surface area contributed by atoms with E-state index in [4.69, 9.17) is 0 Å². The first-order valence-electron chi connectivity index (χ1n) is 8.92. The van der Waals surface area contributed by atoms with Gasteiger partial charge in [-0.2, -0.15) is 8.78 Å². The summed E-state index contributed by atoms with van der Waals surface area (Å²) in [4.78, 5) is 27.0. The number of thioether (sulfide) groups is 1. The zero-order valence-corrected chi connectivity index (χ0v) is 16.2. The molecule has 1 aliphatic heterocycles. The van der Waals surface area contributed by atoms with E-state index in [1.165, 1.54) is 12.1 Å². The number of hydrogen-bond donors (Lipinski definition) is 1. The number of benzene rings is 1. The zero-order valence-electron chi connectivity index (χ0n) is 15.4. The van der Waals surface area contributed by atoms with Crippen LogP contribution in [0.4, 0.5) is 8.78 Å². The number of piperidine rings is 1. The van der Waals surface area contributed by atoms with E-state index in [-0.39, 0.29) is 23.8 Å². The average Bonchev–Trinajstić information content (AvgIpc) is 2.61. The van der Waals surface area contributed by atoms with Gasteiger partial charge in [-0.15, -0.1) is 0 Å². The number of rotatable bonds is 6. The number of nitrogens with zero attached hydrogens (tertiary/aromatic N) is 1. The van der Waals surface area contributed by atoms with Gasteiger partial charge < -0.3 is 10.2 Å². The molecule has 26 heavy (non-hydrogen) atoms. The van der Waals surface area contributed by atoms with Crippen molar-refractivity contribution in [2.24, 2.45) is 11.8 Å². The maximum atomic E-state index is 12.5. The molecular formula is C19H26F2N2O2S. The number of carbonyl (C=O) groups excluding carboxylic acids is 2. The van der Waals surface area contributed by atoms with Crippen LogP contribution in [0.15, 0.2) is 29.2 Å². The first-order valence-corrected chi connectivity index (χ1v) is 9.80. The molecule has 1 aromatic rings. The topological polar surface area (TPSA) is 49.4 Å². The first kappa shape index (κ1) is 20.7. The highest BCUT2D eigenvalue weighted by Crippen LogP contribution is 2.26. The fourth-order valence-electron chi connectivity index (χ4n) is 2.82.